The van der Waals surface area contributed by atoms with E-state index in [1.165, 1.54) is 32.1 Å². The quantitative estimate of drug-likeness (QED) is 0.657. The van der Waals surface area contributed by atoms with E-state index in [4.69, 9.17) is 18.9 Å². The molecular formula is C23H32N2O3. The van der Waals surface area contributed by atoms with Crippen LogP contribution in [0, 0.1) is 19.8 Å². The first kappa shape index (κ1) is 19.5. The highest BCUT2D eigenvalue weighted by Crippen LogP contribution is 2.30. The normalized spacial score (nSPS) is 19.9. The first-order chi connectivity index (χ1) is 13.6. The Hall–Kier alpha value is -1.85. The third-order valence-corrected chi connectivity index (χ3v) is 6.13. The van der Waals surface area contributed by atoms with E-state index in [2.05, 4.69) is 11.0 Å². The van der Waals surface area contributed by atoms with Crippen molar-refractivity contribution in [2.45, 2.75) is 58.6 Å². The Morgan fingerprint density at radius 1 is 1.14 bits per heavy atom. The van der Waals surface area contributed by atoms with Crippen molar-refractivity contribution in [3.63, 3.8) is 0 Å². The minimum absolute atomic E-state index is 0.371. The standard InChI is InChI=1S/C23H32N2O3/c1-16-12-19(9-10-22(16)26-3)23-24-21(17(2)28-23)15-25(13-18-6-4-7-18)14-20-8-5-11-27-20/h9-10,12,18,20H,4-8,11,13-15H2,1-3H3. The highest BCUT2D eigenvalue weighted by Gasteiger charge is 2.26. The highest BCUT2D eigenvalue weighted by molar-refractivity contribution is 5.57. The van der Waals surface area contributed by atoms with E-state index in [9.17, 15) is 0 Å². The fourth-order valence-electron chi connectivity index (χ4n) is 4.24. The highest BCUT2D eigenvalue weighted by atomic mass is 16.5. The van der Waals surface area contributed by atoms with Crippen molar-refractivity contribution in [3.8, 4) is 17.2 Å². The van der Waals surface area contributed by atoms with Crippen LogP contribution < -0.4 is 4.74 Å². The molecule has 1 atom stereocenters. The zero-order chi connectivity index (χ0) is 19.5. The number of methoxy groups -OCH3 is 1. The lowest BCUT2D eigenvalue weighted by Gasteiger charge is -2.33. The van der Waals surface area contributed by atoms with Gasteiger partial charge in [0.15, 0.2) is 0 Å². The molecule has 1 aliphatic carbocycles. The Kier molecular flexibility index (Phi) is 6.02. The fourth-order valence-corrected chi connectivity index (χ4v) is 4.24. The van der Waals surface area contributed by atoms with Crippen LogP contribution in [-0.4, -0.2) is 42.8 Å². The van der Waals surface area contributed by atoms with E-state index in [0.29, 0.717) is 12.0 Å². The van der Waals surface area contributed by atoms with Gasteiger partial charge in [0.05, 0.1) is 18.9 Å². The number of aryl methyl sites for hydroxylation is 2. The van der Waals surface area contributed by atoms with Gasteiger partial charge in [-0.1, -0.05) is 6.42 Å². The van der Waals surface area contributed by atoms with E-state index < -0.39 is 0 Å². The minimum atomic E-state index is 0.371. The van der Waals surface area contributed by atoms with Crippen LogP contribution in [0.5, 0.6) is 5.75 Å². The second-order valence-electron chi connectivity index (χ2n) is 8.33. The Labute approximate surface area is 168 Å². The van der Waals surface area contributed by atoms with Gasteiger partial charge in [-0.05, 0) is 69.2 Å². The SMILES string of the molecule is COc1ccc(-c2nc(CN(CC3CCC3)CC3CCCO3)c(C)o2)cc1C. The molecule has 2 fully saturated rings. The summed E-state index contributed by atoms with van der Waals surface area (Å²) in [6.45, 7) is 7.95. The zero-order valence-electron chi connectivity index (χ0n) is 17.4. The summed E-state index contributed by atoms with van der Waals surface area (Å²) in [5, 5.41) is 0. The van der Waals surface area contributed by atoms with Gasteiger partial charge >= 0.3 is 0 Å². The number of ether oxygens (including phenoxy) is 2. The average molecular weight is 385 g/mol. The summed E-state index contributed by atoms with van der Waals surface area (Å²) >= 11 is 0. The van der Waals surface area contributed by atoms with Gasteiger partial charge in [0, 0.05) is 31.8 Å². The molecule has 0 spiro atoms. The molecule has 0 radical (unpaired) electrons. The van der Waals surface area contributed by atoms with E-state index in [1.807, 2.05) is 26.0 Å². The minimum Gasteiger partial charge on any atom is -0.496 e. The van der Waals surface area contributed by atoms with Crippen LogP contribution in [0.15, 0.2) is 22.6 Å². The molecule has 1 unspecified atom stereocenters. The van der Waals surface area contributed by atoms with Gasteiger partial charge in [-0.2, -0.15) is 0 Å². The van der Waals surface area contributed by atoms with Crippen molar-refractivity contribution in [1.29, 1.82) is 0 Å². The monoisotopic (exact) mass is 384 g/mol. The predicted octanol–water partition coefficient (Wildman–Crippen LogP) is 4.75. The summed E-state index contributed by atoms with van der Waals surface area (Å²) in [5.41, 5.74) is 3.13. The predicted molar refractivity (Wildman–Crippen MR) is 110 cm³/mol. The van der Waals surface area contributed by atoms with Crippen molar-refractivity contribution < 1.29 is 13.9 Å². The third kappa shape index (κ3) is 4.41. The first-order valence-electron chi connectivity index (χ1n) is 10.6. The van der Waals surface area contributed by atoms with Crippen LogP contribution in [0.25, 0.3) is 11.5 Å². The van der Waals surface area contributed by atoms with Crippen molar-refractivity contribution in [1.82, 2.24) is 9.88 Å². The van der Waals surface area contributed by atoms with Crippen molar-refractivity contribution in [2.75, 3.05) is 26.8 Å². The molecular weight excluding hydrogens is 352 g/mol. The van der Waals surface area contributed by atoms with Gasteiger partial charge in [-0.3, -0.25) is 4.90 Å². The number of benzene rings is 1. The van der Waals surface area contributed by atoms with E-state index in [1.54, 1.807) is 7.11 Å². The summed E-state index contributed by atoms with van der Waals surface area (Å²) < 4.78 is 17.3. The zero-order valence-corrected chi connectivity index (χ0v) is 17.4. The van der Waals surface area contributed by atoms with Crippen LogP contribution in [0.3, 0.4) is 0 Å². The van der Waals surface area contributed by atoms with Gasteiger partial charge in [0.25, 0.3) is 0 Å². The maximum Gasteiger partial charge on any atom is 0.226 e. The average Bonchev–Trinajstić information content (AvgIpc) is 3.28. The Morgan fingerprint density at radius 3 is 2.64 bits per heavy atom. The Bertz CT molecular complexity index is 791. The molecule has 5 nitrogen and oxygen atoms in total. The maximum absolute atomic E-state index is 6.04. The summed E-state index contributed by atoms with van der Waals surface area (Å²) in [6, 6.07) is 6.07. The first-order valence-corrected chi connectivity index (χ1v) is 10.6. The maximum atomic E-state index is 6.04. The lowest BCUT2D eigenvalue weighted by molar-refractivity contribution is 0.0574. The number of oxazole rings is 1. The topological polar surface area (TPSA) is 47.7 Å². The molecule has 2 aromatic rings. The van der Waals surface area contributed by atoms with Crippen molar-refractivity contribution in [3.05, 3.63) is 35.2 Å². The summed E-state index contributed by atoms with van der Waals surface area (Å²) in [6.07, 6.45) is 6.83. The summed E-state index contributed by atoms with van der Waals surface area (Å²) in [7, 11) is 1.69. The van der Waals surface area contributed by atoms with E-state index in [-0.39, 0.29) is 0 Å². The lowest BCUT2D eigenvalue weighted by Crippen LogP contribution is -2.37. The van der Waals surface area contributed by atoms with Gasteiger partial charge in [-0.25, -0.2) is 4.98 Å². The molecule has 28 heavy (non-hydrogen) atoms. The number of hydrogen-bond donors (Lipinski definition) is 0. The number of rotatable bonds is 8. The van der Waals surface area contributed by atoms with Crippen LogP contribution >= 0.6 is 0 Å². The molecule has 0 bridgehead atoms. The molecule has 1 saturated carbocycles. The van der Waals surface area contributed by atoms with Gasteiger partial charge in [0.1, 0.15) is 11.5 Å². The van der Waals surface area contributed by atoms with E-state index >= 15 is 0 Å². The van der Waals surface area contributed by atoms with Gasteiger partial charge in [-0.15, -0.1) is 0 Å². The number of nitrogens with zero attached hydrogens (tertiary/aromatic N) is 2. The molecule has 4 rings (SSSR count). The van der Waals surface area contributed by atoms with Crippen LogP contribution in [0.2, 0.25) is 0 Å². The summed E-state index contributed by atoms with van der Waals surface area (Å²) in [5.74, 6) is 3.32. The van der Waals surface area contributed by atoms with Crippen LogP contribution in [-0.2, 0) is 11.3 Å². The molecule has 0 amide bonds. The largest absolute Gasteiger partial charge is 0.496 e. The fraction of sp³-hybridized carbons (Fsp3) is 0.609. The third-order valence-electron chi connectivity index (χ3n) is 6.13. The van der Waals surface area contributed by atoms with Crippen LogP contribution in [0.1, 0.15) is 49.1 Å². The second-order valence-corrected chi connectivity index (χ2v) is 8.33. The van der Waals surface area contributed by atoms with Crippen molar-refractivity contribution >= 4 is 0 Å². The molecule has 152 valence electrons. The van der Waals surface area contributed by atoms with Crippen molar-refractivity contribution in [2.24, 2.45) is 5.92 Å². The van der Waals surface area contributed by atoms with E-state index in [0.717, 1.165) is 60.5 Å². The molecule has 1 saturated heterocycles. The van der Waals surface area contributed by atoms with Crippen LogP contribution in [0.4, 0.5) is 0 Å². The Balaban J connectivity index is 1.49. The second kappa shape index (κ2) is 8.66. The molecule has 1 aromatic heterocycles. The molecule has 1 aromatic carbocycles. The molecule has 5 heteroatoms. The molecule has 2 aliphatic rings. The lowest BCUT2D eigenvalue weighted by atomic mass is 9.85. The molecule has 0 N–H and O–H groups in total. The Morgan fingerprint density at radius 2 is 2.00 bits per heavy atom. The van der Waals surface area contributed by atoms with Gasteiger partial charge in [0.2, 0.25) is 5.89 Å². The number of hydrogen-bond acceptors (Lipinski definition) is 5. The molecule has 2 heterocycles. The molecule has 1 aliphatic heterocycles. The smallest absolute Gasteiger partial charge is 0.226 e. The number of aromatic nitrogens is 1. The summed E-state index contributed by atoms with van der Waals surface area (Å²) in [4.78, 5) is 7.39. The van der Waals surface area contributed by atoms with Gasteiger partial charge < -0.3 is 13.9 Å².